The van der Waals surface area contributed by atoms with Crippen molar-refractivity contribution >= 4 is 18.6 Å². The molecule has 0 aliphatic rings. The molecule has 0 saturated heterocycles. The zero-order valence-corrected chi connectivity index (χ0v) is 10.9. The number of aliphatic carboxylic acids is 1. The number of carbonyl (C=O) groups is 1. The fourth-order valence-electron chi connectivity index (χ4n) is 1.91. The summed E-state index contributed by atoms with van der Waals surface area (Å²) in [6, 6.07) is 5.37. The van der Waals surface area contributed by atoms with Crippen LogP contribution in [-0.4, -0.2) is 21.4 Å². The first-order valence-corrected chi connectivity index (χ1v) is 6.13. The second-order valence-corrected chi connectivity index (χ2v) is 5.16. The Balaban J connectivity index is 2.96. The van der Waals surface area contributed by atoms with Gasteiger partial charge in [-0.05, 0) is 30.9 Å². The third-order valence-electron chi connectivity index (χ3n) is 2.83. The van der Waals surface area contributed by atoms with Gasteiger partial charge in [-0.1, -0.05) is 24.6 Å². The molecule has 2 atom stereocenters. The van der Waals surface area contributed by atoms with Crippen LogP contribution < -0.4 is 0 Å². The molecule has 0 radical (unpaired) electrons. The third-order valence-corrected chi connectivity index (χ3v) is 3.19. The maximum atomic E-state index is 10.6. The highest BCUT2D eigenvalue weighted by Crippen LogP contribution is 2.34. The smallest absolute Gasteiger partial charge is 0.303 e. The molecular formula is C13H18O3S. The summed E-state index contributed by atoms with van der Waals surface area (Å²) in [6.07, 6.45) is 0.569. The minimum absolute atomic E-state index is 0.00190. The van der Waals surface area contributed by atoms with Gasteiger partial charge in [-0.2, -0.15) is 12.6 Å². The molecule has 94 valence electrons. The molecule has 3 nitrogen and oxygen atoms in total. The Morgan fingerprint density at radius 3 is 2.65 bits per heavy atom. The van der Waals surface area contributed by atoms with Crippen molar-refractivity contribution in [2.45, 2.75) is 37.9 Å². The maximum Gasteiger partial charge on any atom is 0.303 e. The standard InChI is InChI=1S/C13H18O3S/c1-8-3-5-12(14)11(7-8)10(9(2)17)4-6-13(15)16/h3,5,7,9-10,14,17H,4,6H2,1-2H3,(H,15,16)/t9?,10-/m0/s1. The lowest BCUT2D eigenvalue weighted by atomic mass is 9.90. The molecule has 0 aromatic heterocycles. The van der Waals surface area contributed by atoms with Crippen molar-refractivity contribution in [3.63, 3.8) is 0 Å². The Labute approximate surface area is 107 Å². The average molecular weight is 254 g/mol. The van der Waals surface area contributed by atoms with Gasteiger partial charge in [-0.3, -0.25) is 4.79 Å². The average Bonchev–Trinajstić information content (AvgIpc) is 2.22. The Kier molecular flexibility index (Phi) is 4.87. The lowest BCUT2D eigenvalue weighted by Gasteiger charge is -2.21. The minimum Gasteiger partial charge on any atom is -0.508 e. The summed E-state index contributed by atoms with van der Waals surface area (Å²) in [5.41, 5.74) is 1.83. The molecule has 4 heteroatoms. The van der Waals surface area contributed by atoms with Gasteiger partial charge in [-0.25, -0.2) is 0 Å². The zero-order chi connectivity index (χ0) is 13.0. The van der Waals surface area contributed by atoms with Crippen LogP contribution in [0, 0.1) is 6.92 Å². The van der Waals surface area contributed by atoms with Gasteiger partial charge in [0.2, 0.25) is 0 Å². The van der Waals surface area contributed by atoms with Crippen LogP contribution in [0.1, 0.15) is 36.8 Å². The number of carboxylic acids is 1. The number of phenolic OH excluding ortho intramolecular Hbond substituents is 1. The van der Waals surface area contributed by atoms with E-state index >= 15 is 0 Å². The largest absolute Gasteiger partial charge is 0.508 e. The summed E-state index contributed by atoms with van der Waals surface area (Å²) in [5, 5.41) is 18.6. The molecule has 0 heterocycles. The van der Waals surface area contributed by atoms with Crippen LogP contribution in [0.3, 0.4) is 0 Å². The number of hydrogen-bond acceptors (Lipinski definition) is 3. The van der Waals surface area contributed by atoms with Gasteiger partial charge < -0.3 is 10.2 Å². The molecule has 1 rings (SSSR count). The van der Waals surface area contributed by atoms with E-state index in [1.807, 2.05) is 26.0 Å². The fourth-order valence-corrected chi connectivity index (χ4v) is 2.22. The highest BCUT2D eigenvalue weighted by molar-refractivity contribution is 7.81. The van der Waals surface area contributed by atoms with E-state index in [0.717, 1.165) is 11.1 Å². The van der Waals surface area contributed by atoms with Gasteiger partial charge in [0.15, 0.2) is 0 Å². The van der Waals surface area contributed by atoms with Gasteiger partial charge in [0.25, 0.3) is 0 Å². The van der Waals surface area contributed by atoms with E-state index in [1.165, 1.54) is 0 Å². The van der Waals surface area contributed by atoms with Crippen molar-refractivity contribution in [3.05, 3.63) is 29.3 Å². The number of rotatable bonds is 5. The number of aromatic hydroxyl groups is 1. The van der Waals surface area contributed by atoms with Crippen LogP contribution in [0.25, 0.3) is 0 Å². The first-order chi connectivity index (χ1) is 7.91. The number of phenols is 1. The van der Waals surface area contributed by atoms with E-state index < -0.39 is 5.97 Å². The monoisotopic (exact) mass is 254 g/mol. The molecule has 0 aliphatic heterocycles. The van der Waals surface area contributed by atoms with Crippen molar-refractivity contribution in [2.24, 2.45) is 0 Å². The van der Waals surface area contributed by atoms with Gasteiger partial charge in [0, 0.05) is 11.7 Å². The van der Waals surface area contributed by atoms with Gasteiger partial charge in [-0.15, -0.1) is 0 Å². The fraction of sp³-hybridized carbons (Fsp3) is 0.462. The second kappa shape index (κ2) is 5.96. The van der Waals surface area contributed by atoms with Crippen molar-refractivity contribution in [1.82, 2.24) is 0 Å². The van der Waals surface area contributed by atoms with Crippen LogP contribution in [0.2, 0.25) is 0 Å². The zero-order valence-electron chi connectivity index (χ0n) is 10.1. The molecule has 0 amide bonds. The van der Waals surface area contributed by atoms with Crippen molar-refractivity contribution in [1.29, 1.82) is 0 Å². The normalized spacial score (nSPS) is 14.3. The molecule has 17 heavy (non-hydrogen) atoms. The number of aryl methyl sites for hydroxylation is 1. The summed E-state index contributed by atoms with van der Waals surface area (Å²) in [4.78, 5) is 10.6. The minimum atomic E-state index is -0.823. The van der Waals surface area contributed by atoms with Crippen LogP contribution in [0.15, 0.2) is 18.2 Å². The topological polar surface area (TPSA) is 57.5 Å². The predicted molar refractivity (Wildman–Crippen MR) is 70.9 cm³/mol. The van der Waals surface area contributed by atoms with E-state index in [1.54, 1.807) is 6.07 Å². The van der Waals surface area contributed by atoms with Crippen molar-refractivity contribution in [2.75, 3.05) is 0 Å². The Morgan fingerprint density at radius 2 is 2.12 bits per heavy atom. The number of hydrogen-bond donors (Lipinski definition) is 3. The molecule has 1 aromatic rings. The first-order valence-electron chi connectivity index (χ1n) is 5.61. The SMILES string of the molecule is Cc1ccc(O)c([C@@H](CCC(=O)O)C(C)S)c1. The number of thiol groups is 1. The van der Waals surface area contributed by atoms with E-state index in [0.29, 0.717) is 6.42 Å². The van der Waals surface area contributed by atoms with Gasteiger partial charge in [0.05, 0.1) is 0 Å². The van der Waals surface area contributed by atoms with E-state index in [4.69, 9.17) is 5.11 Å². The molecule has 0 aliphatic carbocycles. The molecule has 0 bridgehead atoms. The summed E-state index contributed by atoms with van der Waals surface area (Å²) in [7, 11) is 0. The third kappa shape index (κ3) is 3.97. The Bertz CT molecular complexity index is 402. The van der Waals surface area contributed by atoms with Crippen molar-refractivity contribution < 1.29 is 15.0 Å². The van der Waals surface area contributed by atoms with E-state index in [2.05, 4.69) is 12.6 Å². The summed E-state index contributed by atoms with van der Waals surface area (Å²) in [5.74, 6) is -0.655. The molecule has 1 aromatic carbocycles. The van der Waals surface area contributed by atoms with Crippen LogP contribution >= 0.6 is 12.6 Å². The first kappa shape index (κ1) is 13.9. The second-order valence-electron chi connectivity index (χ2n) is 4.34. The molecule has 0 saturated carbocycles. The molecule has 0 fully saturated rings. The Hall–Kier alpha value is -1.16. The van der Waals surface area contributed by atoms with Gasteiger partial charge in [0.1, 0.15) is 5.75 Å². The number of benzene rings is 1. The quantitative estimate of drug-likeness (QED) is 0.708. The highest BCUT2D eigenvalue weighted by Gasteiger charge is 2.20. The Morgan fingerprint density at radius 1 is 1.47 bits per heavy atom. The van der Waals surface area contributed by atoms with Crippen LogP contribution in [0.5, 0.6) is 5.75 Å². The van der Waals surface area contributed by atoms with Gasteiger partial charge >= 0.3 is 5.97 Å². The summed E-state index contributed by atoms with van der Waals surface area (Å²) >= 11 is 4.38. The molecule has 2 N–H and O–H groups in total. The van der Waals surface area contributed by atoms with Crippen LogP contribution in [-0.2, 0) is 4.79 Å². The maximum absolute atomic E-state index is 10.6. The lowest BCUT2D eigenvalue weighted by molar-refractivity contribution is -0.137. The van der Waals surface area contributed by atoms with Crippen LogP contribution in [0.4, 0.5) is 0 Å². The molecule has 0 spiro atoms. The van der Waals surface area contributed by atoms with E-state index in [-0.39, 0.29) is 23.3 Å². The predicted octanol–water partition coefficient (Wildman–Crippen LogP) is 2.97. The summed E-state index contributed by atoms with van der Waals surface area (Å²) < 4.78 is 0. The molecular weight excluding hydrogens is 236 g/mol. The highest BCUT2D eigenvalue weighted by atomic mass is 32.1. The lowest BCUT2D eigenvalue weighted by Crippen LogP contribution is -2.12. The van der Waals surface area contributed by atoms with E-state index in [9.17, 15) is 9.90 Å². The molecule has 1 unspecified atom stereocenters. The summed E-state index contributed by atoms with van der Waals surface area (Å²) in [6.45, 7) is 3.86. The van der Waals surface area contributed by atoms with Crippen molar-refractivity contribution in [3.8, 4) is 5.75 Å². The number of carboxylic acid groups (broad SMARTS) is 1.